The van der Waals surface area contributed by atoms with Crippen LogP contribution in [0.3, 0.4) is 0 Å². The van der Waals surface area contributed by atoms with Crippen LogP contribution in [0.2, 0.25) is 0 Å². The highest BCUT2D eigenvalue weighted by molar-refractivity contribution is 6.03. The molecule has 2 aromatic carbocycles. The zero-order valence-electron chi connectivity index (χ0n) is 12.8. The lowest BCUT2D eigenvalue weighted by molar-refractivity contribution is 0.101. The van der Waals surface area contributed by atoms with Gasteiger partial charge < -0.3 is 9.84 Å². The average molecular weight is 310 g/mol. The van der Waals surface area contributed by atoms with Crippen molar-refractivity contribution in [2.45, 2.75) is 13.8 Å². The number of hydrogen-bond acceptors (Lipinski definition) is 3. The van der Waals surface area contributed by atoms with E-state index in [1.807, 2.05) is 25.1 Å². The molecule has 1 heterocycles. The van der Waals surface area contributed by atoms with Gasteiger partial charge in [-0.1, -0.05) is 29.4 Å². The summed E-state index contributed by atoms with van der Waals surface area (Å²) in [5.41, 5.74) is 2.95. The van der Waals surface area contributed by atoms with Crippen LogP contribution in [-0.4, -0.2) is 11.1 Å². The number of aryl methyl sites for hydroxylation is 2. The standard InChI is InChI=1S/C18H15FN2O2/c1-11-4-3-5-14(8-11)20-18(22)16-10-17(23-21-16)13-7-6-12(2)15(19)9-13/h3-10H,1-2H3,(H,20,22). The van der Waals surface area contributed by atoms with Gasteiger partial charge in [-0.15, -0.1) is 0 Å². The summed E-state index contributed by atoms with van der Waals surface area (Å²) in [6, 6.07) is 13.7. The van der Waals surface area contributed by atoms with Crippen molar-refractivity contribution in [2.24, 2.45) is 0 Å². The normalized spacial score (nSPS) is 10.6. The van der Waals surface area contributed by atoms with Crippen LogP contribution in [0.4, 0.5) is 10.1 Å². The molecule has 1 amide bonds. The van der Waals surface area contributed by atoms with Crippen LogP contribution in [0.5, 0.6) is 0 Å². The first-order valence-corrected chi connectivity index (χ1v) is 7.14. The number of halogens is 1. The molecule has 0 aliphatic heterocycles. The number of nitrogens with zero attached hydrogens (tertiary/aromatic N) is 1. The van der Waals surface area contributed by atoms with E-state index in [1.165, 1.54) is 12.1 Å². The van der Waals surface area contributed by atoms with Gasteiger partial charge in [0, 0.05) is 17.3 Å². The smallest absolute Gasteiger partial charge is 0.277 e. The van der Waals surface area contributed by atoms with E-state index in [4.69, 9.17) is 4.52 Å². The Balaban J connectivity index is 1.81. The molecule has 1 N–H and O–H groups in total. The highest BCUT2D eigenvalue weighted by Crippen LogP contribution is 2.23. The number of carbonyl (C=O) groups excluding carboxylic acids is 1. The Morgan fingerprint density at radius 1 is 1.13 bits per heavy atom. The Morgan fingerprint density at radius 2 is 1.96 bits per heavy atom. The van der Waals surface area contributed by atoms with Crippen molar-refractivity contribution in [1.82, 2.24) is 5.16 Å². The summed E-state index contributed by atoms with van der Waals surface area (Å²) >= 11 is 0. The summed E-state index contributed by atoms with van der Waals surface area (Å²) in [6.07, 6.45) is 0. The fraction of sp³-hybridized carbons (Fsp3) is 0.111. The number of anilines is 1. The van der Waals surface area contributed by atoms with E-state index in [0.29, 0.717) is 22.6 Å². The van der Waals surface area contributed by atoms with Crippen LogP contribution < -0.4 is 5.32 Å². The summed E-state index contributed by atoms with van der Waals surface area (Å²) in [5.74, 6) is -0.360. The largest absolute Gasteiger partial charge is 0.355 e. The molecule has 3 aromatic rings. The zero-order valence-corrected chi connectivity index (χ0v) is 12.8. The molecule has 0 fully saturated rings. The molecule has 0 unspecified atom stereocenters. The van der Waals surface area contributed by atoms with E-state index in [0.717, 1.165) is 5.56 Å². The van der Waals surface area contributed by atoms with Crippen LogP contribution in [-0.2, 0) is 0 Å². The maximum Gasteiger partial charge on any atom is 0.277 e. The molecule has 0 bridgehead atoms. The van der Waals surface area contributed by atoms with E-state index < -0.39 is 0 Å². The SMILES string of the molecule is Cc1cccc(NC(=O)c2cc(-c3ccc(C)c(F)c3)on2)c1. The molecule has 3 rings (SSSR count). The Labute approximate surface area is 132 Å². The van der Waals surface area contributed by atoms with E-state index in [-0.39, 0.29) is 17.4 Å². The first-order chi connectivity index (χ1) is 11.0. The predicted molar refractivity (Wildman–Crippen MR) is 85.8 cm³/mol. The van der Waals surface area contributed by atoms with Gasteiger partial charge in [-0.3, -0.25) is 4.79 Å². The second-order valence-corrected chi connectivity index (χ2v) is 5.36. The van der Waals surface area contributed by atoms with Crippen LogP contribution in [0.15, 0.2) is 53.1 Å². The predicted octanol–water partition coefficient (Wildman–Crippen LogP) is 4.35. The monoisotopic (exact) mass is 310 g/mol. The molecule has 4 nitrogen and oxygen atoms in total. The van der Waals surface area contributed by atoms with Crippen LogP contribution in [0.25, 0.3) is 11.3 Å². The molecule has 1 aromatic heterocycles. The van der Waals surface area contributed by atoms with Gasteiger partial charge in [-0.05, 0) is 43.2 Å². The maximum atomic E-state index is 13.6. The fourth-order valence-corrected chi connectivity index (χ4v) is 2.18. The molecule has 0 aliphatic carbocycles. The third-order valence-corrected chi connectivity index (χ3v) is 3.48. The van der Waals surface area contributed by atoms with Gasteiger partial charge in [0.05, 0.1) is 0 Å². The lowest BCUT2D eigenvalue weighted by Crippen LogP contribution is -2.12. The van der Waals surface area contributed by atoms with Gasteiger partial charge in [0.25, 0.3) is 5.91 Å². The Kier molecular flexibility index (Phi) is 3.93. The van der Waals surface area contributed by atoms with Crippen molar-refractivity contribution in [3.05, 3.63) is 71.2 Å². The van der Waals surface area contributed by atoms with Gasteiger partial charge in [0.1, 0.15) is 5.82 Å². The highest BCUT2D eigenvalue weighted by atomic mass is 19.1. The Morgan fingerprint density at radius 3 is 2.70 bits per heavy atom. The molecule has 0 saturated carbocycles. The van der Waals surface area contributed by atoms with Gasteiger partial charge in [-0.25, -0.2) is 4.39 Å². The van der Waals surface area contributed by atoms with Crippen molar-refractivity contribution in [1.29, 1.82) is 0 Å². The molecule has 0 aliphatic rings. The van der Waals surface area contributed by atoms with E-state index in [2.05, 4.69) is 10.5 Å². The number of rotatable bonds is 3. The summed E-state index contributed by atoms with van der Waals surface area (Å²) in [6.45, 7) is 3.62. The molecule has 0 radical (unpaired) electrons. The number of benzene rings is 2. The maximum absolute atomic E-state index is 13.6. The third-order valence-electron chi connectivity index (χ3n) is 3.48. The van der Waals surface area contributed by atoms with Gasteiger partial charge in [-0.2, -0.15) is 0 Å². The quantitative estimate of drug-likeness (QED) is 0.782. The second kappa shape index (κ2) is 6.04. The Bertz CT molecular complexity index is 871. The van der Waals surface area contributed by atoms with Crippen molar-refractivity contribution in [3.63, 3.8) is 0 Å². The van der Waals surface area contributed by atoms with Crippen LogP contribution >= 0.6 is 0 Å². The van der Waals surface area contributed by atoms with Gasteiger partial charge in [0.15, 0.2) is 11.5 Å². The zero-order chi connectivity index (χ0) is 16.4. The molecule has 0 saturated heterocycles. The average Bonchev–Trinajstić information content (AvgIpc) is 3.00. The lowest BCUT2D eigenvalue weighted by atomic mass is 10.1. The number of carbonyl (C=O) groups is 1. The van der Waals surface area contributed by atoms with E-state index in [1.54, 1.807) is 25.1 Å². The van der Waals surface area contributed by atoms with E-state index in [9.17, 15) is 9.18 Å². The number of nitrogens with one attached hydrogen (secondary N) is 1. The second-order valence-electron chi connectivity index (χ2n) is 5.36. The first-order valence-electron chi connectivity index (χ1n) is 7.14. The molecule has 116 valence electrons. The van der Waals surface area contributed by atoms with Crippen molar-refractivity contribution in [3.8, 4) is 11.3 Å². The summed E-state index contributed by atoms with van der Waals surface area (Å²) in [5, 5.41) is 6.50. The summed E-state index contributed by atoms with van der Waals surface area (Å²) in [4.78, 5) is 12.2. The topological polar surface area (TPSA) is 55.1 Å². The molecule has 0 atom stereocenters. The lowest BCUT2D eigenvalue weighted by Gasteiger charge is -2.03. The van der Waals surface area contributed by atoms with Crippen LogP contribution in [0.1, 0.15) is 21.6 Å². The minimum absolute atomic E-state index is 0.141. The minimum atomic E-state index is -0.377. The molecule has 5 heteroatoms. The van der Waals surface area contributed by atoms with Crippen LogP contribution in [0, 0.1) is 19.7 Å². The summed E-state index contributed by atoms with van der Waals surface area (Å²) < 4.78 is 18.8. The number of hydrogen-bond donors (Lipinski definition) is 1. The van der Waals surface area contributed by atoms with Gasteiger partial charge in [0.2, 0.25) is 0 Å². The number of amides is 1. The van der Waals surface area contributed by atoms with Gasteiger partial charge >= 0.3 is 0 Å². The van der Waals surface area contributed by atoms with E-state index >= 15 is 0 Å². The Hall–Kier alpha value is -2.95. The van der Waals surface area contributed by atoms with Crippen molar-refractivity contribution in [2.75, 3.05) is 5.32 Å². The molecule has 23 heavy (non-hydrogen) atoms. The van der Waals surface area contributed by atoms with Crippen molar-refractivity contribution < 1.29 is 13.7 Å². The highest BCUT2D eigenvalue weighted by Gasteiger charge is 2.14. The number of aromatic nitrogens is 1. The fourth-order valence-electron chi connectivity index (χ4n) is 2.18. The summed E-state index contributed by atoms with van der Waals surface area (Å²) in [7, 11) is 0. The first kappa shape index (κ1) is 15.0. The van der Waals surface area contributed by atoms with Crippen molar-refractivity contribution >= 4 is 11.6 Å². The third kappa shape index (κ3) is 3.29. The molecular formula is C18H15FN2O2. The minimum Gasteiger partial charge on any atom is -0.355 e. The molecular weight excluding hydrogens is 295 g/mol. The molecule has 0 spiro atoms.